The van der Waals surface area contributed by atoms with E-state index in [1.54, 1.807) is 24.3 Å². The van der Waals surface area contributed by atoms with Crippen molar-refractivity contribution in [1.29, 1.82) is 0 Å². The highest BCUT2D eigenvalue weighted by molar-refractivity contribution is 5.76. The van der Waals surface area contributed by atoms with Crippen LogP contribution in [0.3, 0.4) is 0 Å². The molecule has 0 saturated carbocycles. The summed E-state index contributed by atoms with van der Waals surface area (Å²) in [5.41, 5.74) is 3.96. The minimum absolute atomic E-state index is 0.00709. The molecule has 5 nitrogen and oxygen atoms in total. The van der Waals surface area contributed by atoms with Crippen molar-refractivity contribution in [2.45, 2.75) is 19.6 Å². The number of para-hydroxylation sites is 2. The van der Waals surface area contributed by atoms with Crippen LogP contribution in [-0.2, 0) is 24.4 Å². The van der Waals surface area contributed by atoms with Gasteiger partial charge in [-0.05, 0) is 35.4 Å². The van der Waals surface area contributed by atoms with Crippen molar-refractivity contribution in [3.8, 4) is 5.75 Å². The number of carboxylic acids is 1. The quantitative estimate of drug-likeness (QED) is 0.526. The third-order valence-corrected chi connectivity index (χ3v) is 4.56. The molecule has 0 radical (unpaired) electrons. The lowest BCUT2D eigenvalue weighted by atomic mass is 10.1. The molecule has 3 aromatic carbocycles. The standard InChI is InChI=1S/C23H20N2O3/c26-23(27)14-17-10-12-19(13-11-17)28-16-22-24-20-8-4-5-9-21(20)25(22)15-18-6-2-1-3-7-18/h1-13H,14-16H2,(H,26,27). The number of imidazole rings is 1. The second-order valence-corrected chi connectivity index (χ2v) is 6.59. The molecule has 4 rings (SSSR count). The molecular formula is C23H20N2O3. The highest BCUT2D eigenvalue weighted by atomic mass is 16.5. The molecule has 0 saturated heterocycles. The third-order valence-electron chi connectivity index (χ3n) is 4.56. The molecular weight excluding hydrogens is 352 g/mol. The summed E-state index contributed by atoms with van der Waals surface area (Å²) < 4.78 is 8.10. The molecule has 140 valence electrons. The minimum atomic E-state index is -0.844. The molecule has 0 aliphatic carbocycles. The van der Waals surface area contributed by atoms with E-state index in [0.717, 1.165) is 29.0 Å². The van der Waals surface area contributed by atoms with E-state index in [1.807, 2.05) is 36.4 Å². The summed E-state index contributed by atoms with van der Waals surface area (Å²) in [4.78, 5) is 15.5. The zero-order valence-electron chi connectivity index (χ0n) is 15.3. The van der Waals surface area contributed by atoms with Gasteiger partial charge in [0.25, 0.3) is 0 Å². The summed E-state index contributed by atoms with van der Waals surface area (Å²) in [6.45, 7) is 1.05. The van der Waals surface area contributed by atoms with Crippen molar-refractivity contribution in [1.82, 2.24) is 9.55 Å². The SMILES string of the molecule is O=C(O)Cc1ccc(OCc2nc3ccccc3n2Cc2ccccc2)cc1. The summed E-state index contributed by atoms with van der Waals surface area (Å²) in [7, 11) is 0. The van der Waals surface area contributed by atoms with Gasteiger partial charge in [0.1, 0.15) is 18.2 Å². The molecule has 4 aromatic rings. The van der Waals surface area contributed by atoms with Gasteiger partial charge >= 0.3 is 5.97 Å². The first kappa shape index (κ1) is 17.8. The number of nitrogens with zero attached hydrogens (tertiary/aromatic N) is 2. The number of hydrogen-bond acceptors (Lipinski definition) is 3. The summed E-state index contributed by atoms with van der Waals surface area (Å²) in [6.07, 6.45) is 0.00709. The van der Waals surface area contributed by atoms with E-state index in [4.69, 9.17) is 14.8 Å². The van der Waals surface area contributed by atoms with E-state index in [9.17, 15) is 4.79 Å². The average Bonchev–Trinajstić information content (AvgIpc) is 3.05. The van der Waals surface area contributed by atoms with Gasteiger partial charge in [-0.2, -0.15) is 0 Å². The van der Waals surface area contributed by atoms with E-state index in [0.29, 0.717) is 12.4 Å². The second kappa shape index (κ2) is 7.96. The number of carboxylic acid groups (broad SMARTS) is 1. The van der Waals surface area contributed by atoms with Crippen molar-refractivity contribution in [2.75, 3.05) is 0 Å². The highest BCUT2D eigenvalue weighted by Gasteiger charge is 2.12. The molecule has 28 heavy (non-hydrogen) atoms. The predicted octanol–water partition coefficient (Wildman–Crippen LogP) is 4.29. The van der Waals surface area contributed by atoms with Crippen LogP contribution in [0.15, 0.2) is 78.9 Å². The van der Waals surface area contributed by atoms with Crippen molar-refractivity contribution in [3.63, 3.8) is 0 Å². The first-order chi connectivity index (χ1) is 13.7. The van der Waals surface area contributed by atoms with E-state index >= 15 is 0 Å². The molecule has 5 heteroatoms. The summed E-state index contributed by atoms with van der Waals surface area (Å²) in [5, 5.41) is 8.87. The zero-order valence-corrected chi connectivity index (χ0v) is 15.3. The van der Waals surface area contributed by atoms with E-state index in [1.165, 1.54) is 5.56 Å². The fourth-order valence-corrected chi connectivity index (χ4v) is 3.20. The molecule has 1 aromatic heterocycles. The Kier molecular flexibility index (Phi) is 5.06. The van der Waals surface area contributed by atoms with E-state index in [-0.39, 0.29) is 6.42 Å². The average molecular weight is 372 g/mol. The van der Waals surface area contributed by atoms with Crippen LogP contribution in [0, 0.1) is 0 Å². The fourth-order valence-electron chi connectivity index (χ4n) is 3.20. The smallest absolute Gasteiger partial charge is 0.307 e. The first-order valence-corrected chi connectivity index (χ1v) is 9.10. The summed E-state index contributed by atoms with van der Waals surface area (Å²) in [6, 6.07) is 25.5. The van der Waals surface area contributed by atoms with Crippen LogP contribution in [0.1, 0.15) is 17.0 Å². The number of aromatic nitrogens is 2. The monoisotopic (exact) mass is 372 g/mol. The van der Waals surface area contributed by atoms with Crippen LogP contribution in [0.2, 0.25) is 0 Å². The van der Waals surface area contributed by atoms with Gasteiger partial charge in [-0.3, -0.25) is 4.79 Å². The van der Waals surface area contributed by atoms with Crippen LogP contribution in [0.5, 0.6) is 5.75 Å². The Labute approximate surface area is 162 Å². The Hall–Kier alpha value is -3.60. The second-order valence-electron chi connectivity index (χ2n) is 6.59. The van der Waals surface area contributed by atoms with Crippen molar-refractivity contribution >= 4 is 17.0 Å². The number of fused-ring (bicyclic) bond motifs is 1. The molecule has 1 heterocycles. The summed E-state index contributed by atoms with van der Waals surface area (Å²) in [5.74, 6) is 0.690. The Bertz CT molecular complexity index is 1090. The highest BCUT2D eigenvalue weighted by Crippen LogP contribution is 2.20. The molecule has 0 spiro atoms. The van der Waals surface area contributed by atoms with Gasteiger partial charge < -0.3 is 14.4 Å². The minimum Gasteiger partial charge on any atom is -0.486 e. The first-order valence-electron chi connectivity index (χ1n) is 9.10. The normalized spacial score (nSPS) is 10.9. The predicted molar refractivity (Wildman–Crippen MR) is 107 cm³/mol. The molecule has 1 N–H and O–H groups in total. The maximum absolute atomic E-state index is 10.8. The van der Waals surface area contributed by atoms with Gasteiger partial charge in [-0.25, -0.2) is 4.98 Å². The van der Waals surface area contributed by atoms with Crippen LogP contribution in [0.25, 0.3) is 11.0 Å². The molecule has 0 fully saturated rings. The van der Waals surface area contributed by atoms with Crippen molar-refractivity contribution < 1.29 is 14.6 Å². The number of rotatable bonds is 7. The zero-order chi connectivity index (χ0) is 19.3. The maximum Gasteiger partial charge on any atom is 0.307 e. The van der Waals surface area contributed by atoms with Crippen LogP contribution >= 0.6 is 0 Å². The van der Waals surface area contributed by atoms with Crippen LogP contribution in [-0.4, -0.2) is 20.6 Å². The Morgan fingerprint density at radius 1 is 0.893 bits per heavy atom. The Morgan fingerprint density at radius 3 is 2.36 bits per heavy atom. The van der Waals surface area contributed by atoms with Gasteiger partial charge in [0.15, 0.2) is 0 Å². The van der Waals surface area contributed by atoms with E-state index < -0.39 is 5.97 Å². The van der Waals surface area contributed by atoms with Crippen molar-refractivity contribution in [3.05, 3.63) is 95.8 Å². The number of hydrogen-bond donors (Lipinski definition) is 1. The molecule has 0 aliphatic rings. The lowest BCUT2D eigenvalue weighted by Crippen LogP contribution is -2.08. The molecule has 0 aliphatic heterocycles. The van der Waals surface area contributed by atoms with Gasteiger partial charge in [0.05, 0.1) is 17.5 Å². The molecule has 0 bridgehead atoms. The molecule has 0 atom stereocenters. The fraction of sp³-hybridized carbons (Fsp3) is 0.130. The third kappa shape index (κ3) is 4.04. The lowest BCUT2D eigenvalue weighted by molar-refractivity contribution is -0.136. The topological polar surface area (TPSA) is 64.3 Å². The number of ether oxygens (including phenoxy) is 1. The lowest BCUT2D eigenvalue weighted by Gasteiger charge is -2.11. The van der Waals surface area contributed by atoms with Gasteiger partial charge in [-0.15, -0.1) is 0 Å². The van der Waals surface area contributed by atoms with Crippen LogP contribution < -0.4 is 4.74 Å². The molecule has 0 unspecified atom stereocenters. The maximum atomic E-state index is 10.8. The van der Waals surface area contributed by atoms with E-state index in [2.05, 4.69) is 22.8 Å². The van der Waals surface area contributed by atoms with Crippen molar-refractivity contribution in [2.24, 2.45) is 0 Å². The number of benzene rings is 3. The largest absolute Gasteiger partial charge is 0.486 e. The summed E-state index contributed by atoms with van der Waals surface area (Å²) >= 11 is 0. The van der Waals surface area contributed by atoms with Gasteiger partial charge in [-0.1, -0.05) is 54.6 Å². The van der Waals surface area contributed by atoms with Gasteiger partial charge in [0.2, 0.25) is 0 Å². The molecule has 0 amide bonds. The number of aliphatic carboxylic acids is 1. The Balaban J connectivity index is 1.56. The Morgan fingerprint density at radius 2 is 1.61 bits per heavy atom. The van der Waals surface area contributed by atoms with Crippen LogP contribution in [0.4, 0.5) is 0 Å². The number of carbonyl (C=O) groups is 1. The van der Waals surface area contributed by atoms with Gasteiger partial charge in [0, 0.05) is 6.54 Å².